The summed E-state index contributed by atoms with van der Waals surface area (Å²) < 4.78 is 20.6. The SMILES string of the molecule is Nc1ccn(C2OC(CO)C(CCO)C2F)c(=O)n1. The van der Waals surface area contributed by atoms with E-state index in [2.05, 4.69) is 4.98 Å². The molecule has 1 aliphatic heterocycles. The zero-order valence-electron chi connectivity index (χ0n) is 10.1. The molecule has 4 unspecified atom stereocenters. The van der Waals surface area contributed by atoms with Gasteiger partial charge in [0.25, 0.3) is 0 Å². The Morgan fingerprint density at radius 2 is 2.26 bits per heavy atom. The molecule has 0 saturated carbocycles. The highest BCUT2D eigenvalue weighted by Gasteiger charge is 2.45. The number of rotatable bonds is 4. The zero-order chi connectivity index (χ0) is 14.0. The lowest BCUT2D eigenvalue weighted by Gasteiger charge is -2.16. The number of aromatic nitrogens is 2. The van der Waals surface area contributed by atoms with E-state index >= 15 is 0 Å². The lowest BCUT2D eigenvalue weighted by atomic mass is 9.96. The van der Waals surface area contributed by atoms with Crippen LogP contribution in [0.1, 0.15) is 12.6 Å². The van der Waals surface area contributed by atoms with E-state index in [0.717, 1.165) is 4.57 Å². The van der Waals surface area contributed by atoms with Crippen molar-refractivity contribution in [3.05, 3.63) is 22.7 Å². The van der Waals surface area contributed by atoms with Gasteiger partial charge in [0.1, 0.15) is 5.82 Å². The van der Waals surface area contributed by atoms with Gasteiger partial charge in [-0.05, 0) is 12.5 Å². The number of alkyl halides is 1. The summed E-state index contributed by atoms with van der Waals surface area (Å²) in [4.78, 5) is 15.1. The van der Waals surface area contributed by atoms with Gasteiger partial charge >= 0.3 is 5.69 Å². The van der Waals surface area contributed by atoms with Crippen LogP contribution in [0.4, 0.5) is 10.2 Å². The van der Waals surface area contributed by atoms with Crippen molar-refractivity contribution >= 4 is 5.82 Å². The Labute approximate surface area is 108 Å². The fourth-order valence-corrected chi connectivity index (χ4v) is 2.28. The Morgan fingerprint density at radius 3 is 2.84 bits per heavy atom. The van der Waals surface area contributed by atoms with Crippen molar-refractivity contribution < 1.29 is 19.3 Å². The molecule has 0 aliphatic carbocycles. The van der Waals surface area contributed by atoms with Crippen LogP contribution in [-0.2, 0) is 4.74 Å². The smallest absolute Gasteiger partial charge is 0.351 e. The van der Waals surface area contributed by atoms with Crippen LogP contribution in [0.25, 0.3) is 0 Å². The molecule has 4 atom stereocenters. The predicted octanol–water partition coefficient (Wildman–Crippen LogP) is -0.948. The van der Waals surface area contributed by atoms with Gasteiger partial charge in [0.15, 0.2) is 12.4 Å². The topological polar surface area (TPSA) is 111 Å². The third-order valence-corrected chi connectivity index (χ3v) is 3.24. The van der Waals surface area contributed by atoms with E-state index in [1.807, 2.05) is 0 Å². The lowest BCUT2D eigenvalue weighted by Crippen LogP contribution is -2.31. The number of ether oxygens (including phenoxy) is 1. The van der Waals surface area contributed by atoms with E-state index in [-0.39, 0.29) is 25.5 Å². The Morgan fingerprint density at radius 1 is 1.53 bits per heavy atom. The average molecular weight is 273 g/mol. The van der Waals surface area contributed by atoms with Gasteiger partial charge in [0, 0.05) is 18.7 Å². The van der Waals surface area contributed by atoms with Crippen molar-refractivity contribution in [3.63, 3.8) is 0 Å². The van der Waals surface area contributed by atoms with Crippen molar-refractivity contribution in [3.8, 4) is 0 Å². The number of aliphatic hydroxyl groups is 2. The van der Waals surface area contributed by atoms with Crippen LogP contribution in [0.3, 0.4) is 0 Å². The van der Waals surface area contributed by atoms with Crippen molar-refractivity contribution in [2.45, 2.75) is 24.9 Å². The van der Waals surface area contributed by atoms with E-state index in [9.17, 15) is 9.18 Å². The lowest BCUT2D eigenvalue weighted by molar-refractivity contribution is -0.0429. The maximum Gasteiger partial charge on any atom is 0.351 e. The fourth-order valence-electron chi connectivity index (χ4n) is 2.28. The molecule has 1 saturated heterocycles. The largest absolute Gasteiger partial charge is 0.396 e. The van der Waals surface area contributed by atoms with Crippen molar-refractivity contribution in [2.75, 3.05) is 18.9 Å². The van der Waals surface area contributed by atoms with E-state index in [0.29, 0.717) is 0 Å². The molecule has 1 fully saturated rings. The van der Waals surface area contributed by atoms with Gasteiger partial charge in [0.05, 0.1) is 12.7 Å². The molecule has 1 aromatic heterocycles. The highest BCUT2D eigenvalue weighted by atomic mass is 19.1. The van der Waals surface area contributed by atoms with Crippen molar-refractivity contribution in [1.29, 1.82) is 0 Å². The fraction of sp³-hybridized carbons (Fsp3) is 0.636. The average Bonchev–Trinajstić information content (AvgIpc) is 2.68. The van der Waals surface area contributed by atoms with Gasteiger partial charge in [-0.1, -0.05) is 0 Å². The molecule has 0 spiro atoms. The van der Waals surface area contributed by atoms with Gasteiger partial charge in [-0.3, -0.25) is 4.57 Å². The molecule has 4 N–H and O–H groups in total. The van der Waals surface area contributed by atoms with Crippen molar-refractivity contribution in [2.24, 2.45) is 5.92 Å². The van der Waals surface area contributed by atoms with Crippen LogP contribution in [-0.4, -0.2) is 45.3 Å². The quantitative estimate of drug-likeness (QED) is 0.652. The molecular formula is C11H16FN3O4. The number of hydrogen-bond donors (Lipinski definition) is 3. The number of nitrogens with two attached hydrogens (primary N) is 1. The molecule has 8 heteroatoms. The van der Waals surface area contributed by atoms with E-state index in [1.165, 1.54) is 12.3 Å². The molecule has 0 radical (unpaired) electrons. The zero-order valence-corrected chi connectivity index (χ0v) is 10.1. The van der Waals surface area contributed by atoms with Gasteiger partial charge in [-0.25, -0.2) is 9.18 Å². The third kappa shape index (κ3) is 2.60. The Hall–Kier alpha value is -1.51. The maximum atomic E-state index is 14.3. The first-order chi connectivity index (χ1) is 9.08. The number of nitrogen functional groups attached to an aromatic ring is 1. The van der Waals surface area contributed by atoms with Crippen LogP contribution in [0.15, 0.2) is 17.1 Å². The Bertz CT molecular complexity index is 495. The molecule has 1 aromatic rings. The second-order valence-electron chi connectivity index (χ2n) is 4.41. The summed E-state index contributed by atoms with van der Waals surface area (Å²) in [7, 11) is 0. The van der Waals surface area contributed by atoms with Crippen LogP contribution < -0.4 is 11.4 Å². The monoisotopic (exact) mass is 273 g/mol. The van der Waals surface area contributed by atoms with Crippen LogP contribution in [0, 0.1) is 5.92 Å². The number of aliphatic hydroxyl groups excluding tert-OH is 2. The molecule has 0 aromatic carbocycles. The Kier molecular flexibility index (Phi) is 4.13. The van der Waals surface area contributed by atoms with E-state index < -0.39 is 30.1 Å². The van der Waals surface area contributed by atoms with Gasteiger partial charge in [-0.2, -0.15) is 4.98 Å². The highest BCUT2D eigenvalue weighted by Crippen LogP contribution is 2.37. The van der Waals surface area contributed by atoms with E-state index in [4.69, 9.17) is 20.7 Å². The van der Waals surface area contributed by atoms with Gasteiger partial charge in [-0.15, -0.1) is 0 Å². The number of hydrogen-bond acceptors (Lipinski definition) is 6. The second kappa shape index (κ2) is 5.64. The summed E-state index contributed by atoms with van der Waals surface area (Å²) >= 11 is 0. The first-order valence-electron chi connectivity index (χ1n) is 5.94. The van der Waals surface area contributed by atoms with Crippen LogP contribution in [0.2, 0.25) is 0 Å². The van der Waals surface area contributed by atoms with E-state index in [1.54, 1.807) is 0 Å². The molecule has 2 heterocycles. The summed E-state index contributed by atoms with van der Waals surface area (Å²) in [6.45, 7) is -0.592. The summed E-state index contributed by atoms with van der Waals surface area (Å²) in [6.07, 6.45) is -1.96. The summed E-state index contributed by atoms with van der Waals surface area (Å²) in [5, 5.41) is 18.1. The van der Waals surface area contributed by atoms with Gasteiger partial charge in [0.2, 0.25) is 0 Å². The predicted molar refractivity (Wildman–Crippen MR) is 64.0 cm³/mol. The molecule has 7 nitrogen and oxygen atoms in total. The minimum atomic E-state index is -1.51. The normalized spacial score (nSPS) is 30.7. The molecular weight excluding hydrogens is 257 g/mol. The van der Waals surface area contributed by atoms with Gasteiger partial charge < -0.3 is 20.7 Å². The Balaban J connectivity index is 2.28. The minimum absolute atomic E-state index is 0.0419. The number of anilines is 1. The standard InChI is InChI=1S/C11H16FN3O4/c12-9-6(2-4-16)7(5-17)19-10(9)15-3-1-8(13)14-11(15)18/h1,3,6-7,9-10,16-17H,2,4-5H2,(H2,13,14,18). The number of nitrogens with zero attached hydrogens (tertiary/aromatic N) is 2. The summed E-state index contributed by atoms with van der Waals surface area (Å²) in [5.74, 6) is -0.621. The molecule has 2 rings (SSSR count). The molecule has 0 amide bonds. The minimum Gasteiger partial charge on any atom is -0.396 e. The van der Waals surface area contributed by atoms with Crippen LogP contribution >= 0.6 is 0 Å². The molecule has 106 valence electrons. The summed E-state index contributed by atoms with van der Waals surface area (Å²) in [6, 6.07) is 1.37. The molecule has 1 aliphatic rings. The first kappa shape index (κ1) is 13.9. The summed E-state index contributed by atoms with van der Waals surface area (Å²) in [5.41, 5.74) is 4.64. The molecule has 0 bridgehead atoms. The number of halogens is 1. The first-order valence-corrected chi connectivity index (χ1v) is 5.94. The highest BCUT2D eigenvalue weighted by molar-refractivity contribution is 5.23. The third-order valence-electron chi connectivity index (χ3n) is 3.24. The van der Waals surface area contributed by atoms with Crippen molar-refractivity contribution in [1.82, 2.24) is 9.55 Å². The molecule has 19 heavy (non-hydrogen) atoms. The van der Waals surface area contributed by atoms with Crippen LogP contribution in [0.5, 0.6) is 0 Å². The second-order valence-corrected chi connectivity index (χ2v) is 4.41. The maximum absolute atomic E-state index is 14.3.